The summed E-state index contributed by atoms with van der Waals surface area (Å²) in [5.74, 6) is 1.62. The Bertz CT molecular complexity index is 849. The number of hydrogen-bond acceptors (Lipinski definition) is 3. The standard InChI is InChI=1S/C20H20N2O.ClH/c21-20-16-9-5-2-6-10-18(16)22-19-12-11-15(13-17(19)20)23-14-7-3-1-4-8-14;/h1,3-4,7-8,11-13H,2,5-6,9-10H2,(H2,21,22);1H. The Morgan fingerprint density at radius 1 is 0.875 bits per heavy atom. The molecule has 3 nitrogen and oxygen atoms in total. The number of nitrogen functional groups attached to an aromatic ring is 1. The van der Waals surface area contributed by atoms with Gasteiger partial charge < -0.3 is 10.5 Å². The van der Waals surface area contributed by atoms with Crippen molar-refractivity contribution < 1.29 is 4.74 Å². The molecule has 0 saturated heterocycles. The van der Waals surface area contributed by atoms with Crippen LogP contribution < -0.4 is 10.5 Å². The van der Waals surface area contributed by atoms with Gasteiger partial charge in [-0.15, -0.1) is 12.4 Å². The average molecular weight is 341 g/mol. The van der Waals surface area contributed by atoms with Gasteiger partial charge in [0.05, 0.1) is 5.52 Å². The molecule has 1 aromatic heterocycles. The minimum absolute atomic E-state index is 0. The van der Waals surface area contributed by atoms with Crippen LogP contribution in [0.15, 0.2) is 48.5 Å². The Hall–Kier alpha value is -2.26. The third-order valence-electron chi connectivity index (χ3n) is 4.51. The average Bonchev–Trinajstić information content (AvgIpc) is 2.82. The van der Waals surface area contributed by atoms with Gasteiger partial charge in [-0.2, -0.15) is 0 Å². The zero-order valence-corrected chi connectivity index (χ0v) is 14.3. The summed E-state index contributed by atoms with van der Waals surface area (Å²) in [5.41, 5.74) is 10.7. The summed E-state index contributed by atoms with van der Waals surface area (Å²) in [7, 11) is 0. The van der Waals surface area contributed by atoms with E-state index >= 15 is 0 Å². The summed E-state index contributed by atoms with van der Waals surface area (Å²) < 4.78 is 5.93. The number of anilines is 1. The number of ether oxygens (including phenoxy) is 1. The molecule has 0 saturated carbocycles. The fraction of sp³-hybridized carbons (Fsp3) is 0.250. The predicted octanol–water partition coefficient (Wildman–Crippen LogP) is 5.30. The number of fused-ring (bicyclic) bond motifs is 2. The third kappa shape index (κ3) is 3.17. The molecule has 1 aliphatic carbocycles. The first-order valence-electron chi connectivity index (χ1n) is 8.25. The highest BCUT2D eigenvalue weighted by Gasteiger charge is 2.15. The van der Waals surface area contributed by atoms with E-state index in [-0.39, 0.29) is 12.4 Å². The Morgan fingerprint density at radius 3 is 2.50 bits per heavy atom. The summed E-state index contributed by atoms with van der Waals surface area (Å²) in [5, 5.41) is 0.999. The molecule has 1 heterocycles. The fourth-order valence-corrected chi connectivity index (χ4v) is 3.30. The molecule has 0 bridgehead atoms. The Labute approximate surface area is 148 Å². The van der Waals surface area contributed by atoms with Crippen molar-refractivity contribution in [2.24, 2.45) is 0 Å². The molecule has 1 aliphatic rings. The fourth-order valence-electron chi connectivity index (χ4n) is 3.30. The molecular formula is C20H21ClN2O. The second-order valence-corrected chi connectivity index (χ2v) is 6.11. The number of rotatable bonds is 2. The number of hydrogen-bond donors (Lipinski definition) is 1. The molecule has 0 unspecified atom stereocenters. The van der Waals surface area contributed by atoms with E-state index in [9.17, 15) is 0 Å². The van der Waals surface area contributed by atoms with Crippen LogP contribution in [0.4, 0.5) is 5.69 Å². The molecule has 4 rings (SSSR count). The van der Waals surface area contributed by atoms with Crippen LogP contribution in [0.5, 0.6) is 11.5 Å². The van der Waals surface area contributed by atoms with Crippen LogP contribution in [0.2, 0.25) is 0 Å². The highest BCUT2D eigenvalue weighted by atomic mass is 35.5. The lowest BCUT2D eigenvalue weighted by Crippen LogP contribution is -2.03. The maximum Gasteiger partial charge on any atom is 0.128 e. The molecule has 4 heteroatoms. The van der Waals surface area contributed by atoms with E-state index in [0.717, 1.165) is 40.9 Å². The van der Waals surface area contributed by atoms with Crippen molar-refractivity contribution in [3.05, 3.63) is 59.8 Å². The predicted molar refractivity (Wildman–Crippen MR) is 101 cm³/mol. The number of para-hydroxylation sites is 1. The van der Waals surface area contributed by atoms with Crippen LogP contribution in [0.25, 0.3) is 10.9 Å². The molecule has 0 spiro atoms. The number of nitrogens with two attached hydrogens (primary N) is 1. The van der Waals surface area contributed by atoms with E-state index in [0.29, 0.717) is 0 Å². The number of aromatic nitrogens is 1. The highest BCUT2D eigenvalue weighted by Crippen LogP contribution is 2.33. The van der Waals surface area contributed by atoms with E-state index in [1.807, 2.05) is 48.5 Å². The van der Waals surface area contributed by atoms with E-state index in [4.69, 9.17) is 15.5 Å². The molecule has 0 amide bonds. The van der Waals surface area contributed by atoms with Crippen molar-refractivity contribution in [2.75, 3.05) is 5.73 Å². The van der Waals surface area contributed by atoms with Crippen molar-refractivity contribution in [1.29, 1.82) is 0 Å². The lowest BCUT2D eigenvalue weighted by Gasteiger charge is -2.13. The van der Waals surface area contributed by atoms with Crippen LogP contribution in [-0.2, 0) is 12.8 Å². The monoisotopic (exact) mass is 340 g/mol. The van der Waals surface area contributed by atoms with Crippen molar-refractivity contribution in [1.82, 2.24) is 4.98 Å². The van der Waals surface area contributed by atoms with E-state index < -0.39 is 0 Å². The molecule has 0 radical (unpaired) electrons. The van der Waals surface area contributed by atoms with Crippen LogP contribution >= 0.6 is 12.4 Å². The lowest BCUT2D eigenvalue weighted by molar-refractivity contribution is 0.483. The smallest absolute Gasteiger partial charge is 0.128 e. The van der Waals surface area contributed by atoms with E-state index in [1.54, 1.807) is 0 Å². The summed E-state index contributed by atoms with van der Waals surface area (Å²) in [6, 6.07) is 15.8. The second kappa shape index (κ2) is 7.10. The molecule has 124 valence electrons. The van der Waals surface area contributed by atoms with Crippen molar-refractivity contribution in [3.63, 3.8) is 0 Å². The van der Waals surface area contributed by atoms with Crippen molar-refractivity contribution >= 4 is 29.0 Å². The van der Waals surface area contributed by atoms with Gasteiger partial charge in [0.2, 0.25) is 0 Å². The molecule has 3 aromatic rings. The molecule has 2 aromatic carbocycles. The van der Waals surface area contributed by atoms with Gasteiger partial charge in [0.15, 0.2) is 0 Å². The highest BCUT2D eigenvalue weighted by molar-refractivity contribution is 5.93. The van der Waals surface area contributed by atoms with E-state index in [2.05, 4.69) is 0 Å². The SMILES string of the molecule is Cl.Nc1c2c(nc3ccc(Oc4ccccc4)cc13)CCCCC2. The van der Waals surface area contributed by atoms with Gasteiger partial charge in [0, 0.05) is 16.8 Å². The summed E-state index contributed by atoms with van der Waals surface area (Å²) in [6.45, 7) is 0. The number of aryl methyl sites for hydroxylation is 1. The minimum atomic E-state index is 0. The first-order valence-corrected chi connectivity index (χ1v) is 8.25. The van der Waals surface area contributed by atoms with Crippen molar-refractivity contribution in [3.8, 4) is 11.5 Å². The first kappa shape index (κ1) is 16.6. The summed E-state index contributed by atoms with van der Waals surface area (Å²) in [4.78, 5) is 4.85. The Balaban J connectivity index is 0.00000169. The third-order valence-corrected chi connectivity index (χ3v) is 4.51. The Kier molecular flexibility index (Phi) is 4.91. The summed E-state index contributed by atoms with van der Waals surface area (Å²) in [6.07, 6.45) is 5.74. The summed E-state index contributed by atoms with van der Waals surface area (Å²) >= 11 is 0. The van der Waals surface area contributed by atoms with Crippen LogP contribution in [0, 0.1) is 0 Å². The zero-order valence-electron chi connectivity index (χ0n) is 13.5. The minimum Gasteiger partial charge on any atom is -0.457 e. The largest absolute Gasteiger partial charge is 0.457 e. The quantitative estimate of drug-likeness (QED) is 0.644. The maximum absolute atomic E-state index is 6.48. The first-order chi connectivity index (χ1) is 11.3. The van der Waals surface area contributed by atoms with Gasteiger partial charge in [-0.05, 0) is 61.6 Å². The van der Waals surface area contributed by atoms with Crippen LogP contribution in [0.3, 0.4) is 0 Å². The van der Waals surface area contributed by atoms with Gasteiger partial charge in [-0.3, -0.25) is 4.98 Å². The van der Waals surface area contributed by atoms with Crippen molar-refractivity contribution in [2.45, 2.75) is 32.1 Å². The van der Waals surface area contributed by atoms with Crippen LogP contribution in [0.1, 0.15) is 30.5 Å². The molecular weight excluding hydrogens is 320 g/mol. The van der Waals surface area contributed by atoms with Gasteiger partial charge in [-0.25, -0.2) is 0 Å². The number of benzene rings is 2. The number of nitrogens with zero attached hydrogens (tertiary/aromatic N) is 1. The molecule has 0 fully saturated rings. The molecule has 0 aliphatic heterocycles. The number of pyridine rings is 1. The number of halogens is 1. The lowest BCUT2D eigenvalue weighted by atomic mass is 10.0. The molecule has 24 heavy (non-hydrogen) atoms. The van der Waals surface area contributed by atoms with Gasteiger partial charge in [0.1, 0.15) is 11.5 Å². The van der Waals surface area contributed by atoms with Gasteiger partial charge in [0.25, 0.3) is 0 Å². The molecule has 0 atom stereocenters. The second-order valence-electron chi connectivity index (χ2n) is 6.11. The van der Waals surface area contributed by atoms with Gasteiger partial charge >= 0.3 is 0 Å². The maximum atomic E-state index is 6.48. The zero-order chi connectivity index (χ0) is 15.6. The molecule has 2 N–H and O–H groups in total. The Morgan fingerprint density at radius 2 is 1.67 bits per heavy atom. The topological polar surface area (TPSA) is 48.1 Å². The normalized spacial score (nSPS) is 13.7. The van der Waals surface area contributed by atoms with Gasteiger partial charge in [-0.1, -0.05) is 24.6 Å². The van der Waals surface area contributed by atoms with Crippen LogP contribution in [-0.4, -0.2) is 4.98 Å². The van der Waals surface area contributed by atoms with E-state index in [1.165, 1.54) is 30.5 Å².